The Labute approximate surface area is 162 Å². The van der Waals surface area contributed by atoms with Gasteiger partial charge in [0.1, 0.15) is 5.82 Å². The van der Waals surface area contributed by atoms with E-state index in [-0.39, 0.29) is 11.9 Å². The molecule has 0 saturated carbocycles. The van der Waals surface area contributed by atoms with Crippen LogP contribution in [0.15, 0.2) is 60.7 Å². The number of aliphatic carboxylic acids is 2. The maximum atomic E-state index is 13.9. The van der Waals surface area contributed by atoms with Gasteiger partial charge in [0.2, 0.25) is 0 Å². The van der Waals surface area contributed by atoms with Crippen LogP contribution < -0.4 is 5.32 Å². The van der Waals surface area contributed by atoms with Crippen LogP contribution in [0.1, 0.15) is 12.0 Å². The van der Waals surface area contributed by atoms with Crippen LogP contribution >= 0.6 is 0 Å². The van der Waals surface area contributed by atoms with E-state index in [2.05, 4.69) is 5.32 Å². The van der Waals surface area contributed by atoms with Crippen molar-refractivity contribution >= 4 is 11.9 Å². The van der Waals surface area contributed by atoms with Crippen LogP contribution in [0.3, 0.4) is 0 Å². The van der Waals surface area contributed by atoms with Crippen LogP contribution in [0.2, 0.25) is 0 Å². The topological polar surface area (TPSA) is 95.9 Å². The SMILES string of the molecule is Fc1ccccc1-c1ccccc1COC1CCNC1.O=C(O)C=CC(=O)O. The minimum absolute atomic E-state index is 0.192. The van der Waals surface area contributed by atoms with Crippen molar-refractivity contribution in [2.45, 2.75) is 19.1 Å². The molecule has 28 heavy (non-hydrogen) atoms. The third-order valence-corrected chi connectivity index (χ3v) is 4.04. The quantitative estimate of drug-likeness (QED) is 0.660. The Bertz CT molecular complexity index is 815. The molecular weight excluding hydrogens is 365 g/mol. The molecule has 3 rings (SSSR count). The van der Waals surface area contributed by atoms with Crippen LogP contribution in [-0.4, -0.2) is 41.3 Å². The molecule has 7 heteroatoms. The largest absolute Gasteiger partial charge is 0.478 e. The first kappa shape index (κ1) is 21.3. The summed E-state index contributed by atoms with van der Waals surface area (Å²) in [5, 5.41) is 18.9. The highest BCUT2D eigenvalue weighted by molar-refractivity contribution is 5.89. The van der Waals surface area contributed by atoms with Crippen molar-refractivity contribution in [1.82, 2.24) is 5.32 Å². The van der Waals surface area contributed by atoms with Crippen molar-refractivity contribution in [3.8, 4) is 11.1 Å². The predicted octanol–water partition coefficient (Wildman–Crippen LogP) is 3.08. The van der Waals surface area contributed by atoms with Crippen LogP contribution in [0.4, 0.5) is 4.39 Å². The lowest BCUT2D eigenvalue weighted by molar-refractivity contribution is -0.134. The highest BCUT2D eigenvalue weighted by Gasteiger charge is 2.16. The smallest absolute Gasteiger partial charge is 0.328 e. The summed E-state index contributed by atoms with van der Waals surface area (Å²) in [6, 6.07) is 14.7. The van der Waals surface area contributed by atoms with Gasteiger partial charge in [0, 0.05) is 24.3 Å². The average molecular weight is 387 g/mol. The minimum Gasteiger partial charge on any atom is -0.478 e. The molecule has 0 bridgehead atoms. The molecule has 1 heterocycles. The standard InChI is InChI=1S/C17H18FNO.C4H4O4/c18-17-8-4-3-7-16(17)15-6-2-1-5-13(15)12-20-14-9-10-19-11-14;5-3(6)1-2-4(7)8/h1-8,14,19H,9-12H2;1-2H,(H,5,6)(H,7,8). The number of hydrogen-bond donors (Lipinski definition) is 3. The molecule has 1 saturated heterocycles. The summed E-state index contributed by atoms with van der Waals surface area (Å²) in [5.74, 6) is -2.71. The number of hydrogen-bond acceptors (Lipinski definition) is 4. The molecule has 1 aliphatic rings. The lowest BCUT2D eigenvalue weighted by Crippen LogP contribution is -2.16. The van der Waals surface area contributed by atoms with E-state index in [1.165, 1.54) is 6.07 Å². The number of halogens is 1. The number of benzene rings is 2. The second-order valence-corrected chi connectivity index (χ2v) is 6.07. The van der Waals surface area contributed by atoms with Crippen molar-refractivity contribution in [1.29, 1.82) is 0 Å². The van der Waals surface area contributed by atoms with Gasteiger partial charge in [-0.25, -0.2) is 14.0 Å². The Morgan fingerprint density at radius 3 is 2.21 bits per heavy atom. The summed E-state index contributed by atoms with van der Waals surface area (Å²) in [6.07, 6.45) is 2.43. The highest BCUT2D eigenvalue weighted by atomic mass is 19.1. The van der Waals surface area contributed by atoms with Gasteiger partial charge >= 0.3 is 11.9 Å². The van der Waals surface area contributed by atoms with E-state index in [9.17, 15) is 14.0 Å². The maximum absolute atomic E-state index is 13.9. The molecule has 2 aromatic carbocycles. The summed E-state index contributed by atoms with van der Waals surface area (Å²) in [7, 11) is 0. The van der Waals surface area contributed by atoms with E-state index in [1.54, 1.807) is 6.07 Å². The van der Waals surface area contributed by atoms with E-state index in [4.69, 9.17) is 14.9 Å². The average Bonchev–Trinajstić information content (AvgIpc) is 3.20. The number of carboxylic acid groups (broad SMARTS) is 2. The number of rotatable bonds is 6. The monoisotopic (exact) mass is 387 g/mol. The molecule has 1 fully saturated rings. The van der Waals surface area contributed by atoms with Crippen molar-refractivity contribution in [3.63, 3.8) is 0 Å². The first-order chi connectivity index (χ1) is 13.5. The molecule has 1 unspecified atom stereocenters. The summed E-state index contributed by atoms with van der Waals surface area (Å²) < 4.78 is 19.9. The van der Waals surface area contributed by atoms with Crippen LogP contribution in [0.5, 0.6) is 0 Å². The molecule has 0 spiro atoms. The molecule has 6 nitrogen and oxygen atoms in total. The van der Waals surface area contributed by atoms with Crippen molar-refractivity contribution in [2.24, 2.45) is 0 Å². The van der Waals surface area contributed by atoms with E-state index >= 15 is 0 Å². The van der Waals surface area contributed by atoms with Crippen molar-refractivity contribution in [2.75, 3.05) is 13.1 Å². The number of carboxylic acids is 2. The molecule has 0 aliphatic carbocycles. The van der Waals surface area contributed by atoms with Crippen molar-refractivity contribution in [3.05, 3.63) is 72.1 Å². The molecule has 3 N–H and O–H groups in total. The summed E-state index contributed by atoms with van der Waals surface area (Å²) in [5.41, 5.74) is 2.58. The van der Waals surface area contributed by atoms with Gasteiger partial charge in [-0.15, -0.1) is 0 Å². The number of ether oxygens (including phenoxy) is 1. The number of carbonyl (C=O) groups is 2. The molecule has 2 aromatic rings. The fourth-order valence-electron chi connectivity index (χ4n) is 2.71. The van der Waals surface area contributed by atoms with E-state index < -0.39 is 11.9 Å². The Morgan fingerprint density at radius 1 is 1.04 bits per heavy atom. The summed E-state index contributed by atoms with van der Waals surface area (Å²) in [6.45, 7) is 2.44. The van der Waals surface area contributed by atoms with Crippen LogP contribution in [0, 0.1) is 5.82 Å². The lowest BCUT2D eigenvalue weighted by atomic mass is 10.00. The zero-order valence-electron chi connectivity index (χ0n) is 15.2. The third-order valence-electron chi connectivity index (χ3n) is 4.04. The molecule has 0 radical (unpaired) electrons. The van der Waals surface area contributed by atoms with Gasteiger partial charge in [0.25, 0.3) is 0 Å². The van der Waals surface area contributed by atoms with Gasteiger partial charge in [-0.1, -0.05) is 42.5 Å². The van der Waals surface area contributed by atoms with E-state index in [0.29, 0.717) is 24.3 Å². The molecule has 1 aliphatic heterocycles. The fourth-order valence-corrected chi connectivity index (χ4v) is 2.71. The number of nitrogens with one attached hydrogen (secondary N) is 1. The van der Waals surface area contributed by atoms with E-state index in [1.807, 2.05) is 36.4 Å². The normalized spacial score (nSPS) is 15.8. The van der Waals surface area contributed by atoms with Gasteiger partial charge in [0.15, 0.2) is 0 Å². The van der Waals surface area contributed by atoms with Gasteiger partial charge in [-0.2, -0.15) is 0 Å². The minimum atomic E-state index is -1.26. The predicted molar refractivity (Wildman–Crippen MR) is 102 cm³/mol. The fraction of sp³-hybridized carbons (Fsp3) is 0.238. The van der Waals surface area contributed by atoms with Gasteiger partial charge in [-0.3, -0.25) is 0 Å². The zero-order valence-corrected chi connectivity index (χ0v) is 15.2. The Hall–Kier alpha value is -3.03. The molecule has 1 atom stereocenters. The highest BCUT2D eigenvalue weighted by Crippen LogP contribution is 2.27. The van der Waals surface area contributed by atoms with E-state index in [0.717, 1.165) is 30.6 Å². The molecule has 0 amide bonds. The van der Waals surface area contributed by atoms with Gasteiger partial charge in [0.05, 0.1) is 12.7 Å². The Kier molecular flexibility index (Phi) is 8.33. The third kappa shape index (κ3) is 6.94. The Morgan fingerprint density at radius 2 is 1.64 bits per heavy atom. The Balaban J connectivity index is 0.000000300. The van der Waals surface area contributed by atoms with Gasteiger partial charge in [-0.05, 0) is 30.2 Å². The zero-order chi connectivity index (χ0) is 20.4. The van der Waals surface area contributed by atoms with Crippen LogP contribution in [-0.2, 0) is 20.9 Å². The van der Waals surface area contributed by atoms with Gasteiger partial charge < -0.3 is 20.3 Å². The van der Waals surface area contributed by atoms with Crippen LogP contribution in [0.25, 0.3) is 11.1 Å². The maximum Gasteiger partial charge on any atom is 0.328 e. The first-order valence-electron chi connectivity index (χ1n) is 8.76. The molecule has 0 aromatic heterocycles. The molecule has 148 valence electrons. The van der Waals surface area contributed by atoms with Crippen molar-refractivity contribution < 1.29 is 28.9 Å². The summed E-state index contributed by atoms with van der Waals surface area (Å²) in [4.78, 5) is 19.1. The first-order valence-corrected chi connectivity index (χ1v) is 8.76. The second kappa shape index (κ2) is 11.0. The molecular formula is C21H22FNO5. The summed E-state index contributed by atoms with van der Waals surface area (Å²) >= 11 is 0. The second-order valence-electron chi connectivity index (χ2n) is 6.07. The lowest BCUT2D eigenvalue weighted by Gasteiger charge is -2.14.